The Balaban J connectivity index is 2.15. The number of hydrogen-bond donors (Lipinski definition) is 0. The maximum atomic E-state index is 4.77. The second-order valence-electron chi connectivity index (χ2n) is 2.81. The van der Waals surface area contributed by atoms with Crippen molar-refractivity contribution in [1.29, 1.82) is 0 Å². The van der Waals surface area contributed by atoms with Gasteiger partial charge in [0.1, 0.15) is 23.9 Å². The summed E-state index contributed by atoms with van der Waals surface area (Å²) in [5.41, 5.74) is 2.50. The SMILES string of the molecule is [c]1onc(-c2cnoc2)c1-c1ccon1. The highest BCUT2D eigenvalue weighted by atomic mass is 16.5. The average molecular weight is 202 g/mol. The molecule has 3 rings (SSSR count). The lowest BCUT2D eigenvalue weighted by Crippen LogP contribution is -1.79. The molecule has 0 unspecified atom stereocenters. The van der Waals surface area contributed by atoms with Crippen LogP contribution in [0, 0.1) is 6.26 Å². The molecule has 6 heteroatoms. The third-order valence-corrected chi connectivity index (χ3v) is 1.92. The van der Waals surface area contributed by atoms with Crippen molar-refractivity contribution in [2.24, 2.45) is 0 Å². The quantitative estimate of drug-likeness (QED) is 0.630. The molecule has 0 aliphatic heterocycles. The van der Waals surface area contributed by atoms with Crippen molar-refractivity contribution in [3.8, 4) is 22.5 Å². The molecule has 0 aliphatic rings. The summed E-state index contributed by atoms with van der Waals surface area (Å²) in [6.07, 6.45) is 7.09. The van der Waals surface area contributed by atoms with Crippen molar-refractivity contribution in [2.45, 2.75) is 0 Å². The summed E-state index contributed by atoms with van der Waals surface area (Å²) in [6.45, 7) is 0. The minimum absolute atomic E-state index is 0.574. The molecule has 73 valence electrons. The second kappa shape index (κ2) is 3.09. The first-order chi connectivity index (χ1) is 7.45. The van der Waals surface area contributed by atoms with Gasteiger partial charge in [0.15, 0.2) is 0 Å². The lowest BCUT2D eigenvalue weighted by Gasteiger charge is -1.90. The maximum Gasteiger partial charge on any atom is 0.215 e. The molecular weight excluding hydrogens is 198 g/mol. The minimum atomic E-state index is 0.574. The van der Waals surface area contributed by atoms with Gasteiger partial charge in [-0.05, 0) is 0 Å². The summed E-state index contributed by atoms with van der Waals surface area (Å²) >= 11 is 0. The Morgan fingerprint density at radius 3 is 2.93 bits per heavy atom. The number of nitrogens with zero attached hydrogens (tertiary/aromatic N) is 3. The Labute approximate surface area is 83.4 Å². The van der Waals surface area contributed by atoms with Crippen molar-refractivity contribution in [2.75, 3.05) is 0 Å². The lowest BCUT2D eigenvalue weighted by atomic mass is 10.1. The van der Waals surface area contributed by atoms with Gasteiger partial charge in [-0.15, -0.1) is 0 Å². The molecule has 3 heterocycles. The number of rotatable bonds is 2. The number of aromatic nitrogens is 3. The van der Waals surface area contributed by atoms with E-state index in [1.165, 1.54) is 18.7 Å². The van der Waals surface area contributed by atoms with E-state index in [0.29, 0.717) is 22.5 Å². The van der Waals surface area contributed by atoms with Crippen molar-refractivity contribution in [3.05, 3.63) is 31.1 Å². The van der Waals surface area contributed by atoms with Crippen LogP contribution in [0.3, 0.4) is 0 Å². The molecule has 15 heavy (non-hydrogen) atoms. The average Bonchev–Trinajstić information content (AvgIpc) is 3.01. The molecule has 0 N–H and O–H groups in total. The van der Waals surface area contributed by atoms with Crippen molar-refractivity contribution in [3.63, 3.8) is 0 Å². The fraction of sp³-hybridized carbons (Fsp3) is 0. The van der Waals surface area contributed by atoms with Crippen LogP contribution in [0.2, 0.25) is 0 Å². The molecular formula is C9H4N3O3. The lowest BCUT2D eigenvalue weighted by molar-refractivity contribution is 0.413. The fourth-order valence-corrected chi connectivity index (χ4v) is 1.24. The predicted molar refractivity (Wildman–Crippen MR) is 46.3 cm³/mol. The second-order valence-corrected chi connectivity index (χ2v) is 2.81. The van der Waals surface area contributed by atoms with E-state index in [4.69, 9.17) is 13.6 Å². The van der Waals surface area contributed by atoms with Crippen molar-refractivity contribution in [1.82, 2.24) is 15.5 Å². The highest BCUT2D eigenvalue weighted by Crippen LogP contribution is 2.28. The van der Waals surface area contributed by atoms with Crippen LogP contribution in [0.15, 0.2) is 38.4 Å². The van der Waals surface area contributed by atoms with Gasteiger partial charge in [0.25, 0.3) is 0 Å². The largest absolute Gasteiger partial charge is 0.364 e. The number of hydrogen-bond acceptors (Lipinski definition) is 6. The summed E-state index contributed by atoms with van der Waals surface area (Å²) in [5, 5.41) is 11.2. The summed E-state index contributed by atoms with van der Waals surface area (Å²) in [5.74, 6) is 0. The van der Waals surface area contributed by atoms with Crippen LogP contribution < -0.4 is 0 Å². The highest BCUT2D eigenvalue weighted by Gasteiger charge is 2.16. The van der Waals surface area contributed by atoms with Gasteiger partial charge in [-0.3, -0.25) is 0 Å². The maximum absolute atomic E-state index is 4.77. The van der Waals surface area contributed by atoms with E-state index >= 15 is 0 Å². The minimum Gasteiger partial charge on any atom is -0.364 e. The Bertz CT molecular complexity index is 490. The summed E-state index contributed by atoms with van der Waals surface area (Å²) in [4.78, 5) is 0. The predicted octanol–water partition coefficient (Wildman–Crippen LogP) is 1.78. The zero-order chi connectivity index (χ0) is 10.1. The molecule has 6 nitrogen and oxygen atoms in total. The van der Waals surface area contributed by atoms with Crippen LogP contribution in [-0.2, 0) is 0 Å². The third kappa shape index (κ3) is 1.23. The Morgan fingerprint density at radius 1 is 1.20 bits per heavy atom. The van der Waals surface area contributed by atoms with Gasteiger partial charge in [-0.25, -0.2) is 0 Å². The van der Waals surface area contributed by atoms with Gasteiger partial charge in [-0.1, -0.05) is 15.5 Å². The van der Waals surface area contributed by atoms with Gasteiger partial charge >= 0.3 is 0 Å². The van der Waals surface area contributed by atoms with Crippen LogP contribution in [0.5, 0.6) is 0 Å². The Morgan fingerprint density at radius 2 is 2.20 bits per heavy atom. The zero-order valence-corrected chi connectivity index (χ0v) is 7.38. The van der Waals surface area contributed by atoms with E-state index in [9.17, 15) is 0 Å². The highest BCUT2D eigenvalue weighted by molar-refractivity contribution is 5.76. The third-order valence-electron chi connectivity index (χ3n) is 1.92. The van der Waals surface area contributed by atoms with Crippen molar-refractivity contribution < 1.29 is 13.6 Å². The standard InChI is InChI=1S/C9H4N3O3/c1-2-13-11-8(1)7-5-15-12-9(7)6-3-10-14-4-6/h1-4H. The molecule has 0 bridgehead atoms. The molecule has 0 atom stereocenters. The molecule has 3 aromatic rings. The van der Waals surface area contributed by atoms with Crippen LogP contribution in [-0.4, -0.2) is 15.5 Å². The molecule has 1 radical (unpaired) electrons. The van der Waals surface area contributed by atoms with Crippen LogP contribution in [0.4, 0.5) is 0 Å². The van der Waals surface area contributed by atoms with Crippen molar-refractivity contribution >= 4 is 0 Å². The topological polar surface area (TPSA) is 78.1 Å². The molecule has 0 saturated heterocycles. The van der Waals surface area contributed by atoms with Crippen LogP contribution in [0.25, 0.3) is 22.5 Å². The molecule has 0 spiro atoms. The van der Waals surface area contributed by atoms with Gasteiger partial charge < -0.3 is 13.6 Å². The van der Waals surface area contributed by atoms with E-state index in [2.05, 4.69) is 21.7 Å². The molecule has 0 fully saturated rings. The molecule has 0 aromatic carbocycles. The molecule has 0 amide bonds. The Hall–Kier alpha value is -2.37. The summed E-state index contributed by atoms with van der Waals surface area (Å²) < 4.78 is 14.2. The molecule has 0 aliphatic carbocycles. The van der Waals surface area contributed by atoms with Gasteiger partial charge in [0.2, 0.25) is 6.26 Å². The molecule has 3 aromatic heterocycles. The van der Waals surface area contributed by atoms with Crippen LogP contribution in [0.1, 0.15) is 0 Å². The van der Waals surface area contributed by atoms with Gasteiger partial charge in [-0.2, -0.15) is 0 Å². The van der Waals surface area contributed by atoms with Gasteiger partial charge in [0, 0.05) is 6.07 Å². The summed E-state index contributed by atoms with van der Waals surface area (Å²) in [7, 11) is 0. The van der Waals surface area contributed by atoms with E-state index in [0.717, 1.165) is 0 Å². The van der Waals surface area contributed by atoms with E-state index in [-0.39, 0.29) is 0 Å². The van der Waals surface area contributed by atoms with Gasteiger partial charge in [0.05, 0.1) is 17.3 Å². The normalized spacial score (nSPS) is 10.7. The first-order valence-corrected chi connectivity index (χ1v) is 4.13. The fourth-order valence-electron chi connectivity index (χ4n) is 1.24. The zero-order valence-electron chi connectivity index (χ0n) is 7.38. The van der Waals surface area contributed by atoms with E-state index in [1.807, 2.05) is 0 Å². The van der Waals surface area contributed by atoms with E-state index < -0.39 is 0 Å². The molecule has 0 saturated carbocycles. The summed E-state index contributed by atoms with van der Waals surface area (Å²) in [6, 6.07) is 1.69. The Kier molecular flexibility index (Phi) is 1.64. The van der Waals surface area contributed by atoms with Crippen LogP contribution >= 0.6 is 0 Å². The smallest absolute Gasteiger partial charge is 0.215 e. The first-order valence-electron chi connectivity index (χ1n) is 4.13. The first kappa shape index (κ1) is 7.98. The monoisotopic (exact) mass is 202 g/mol. The van der Waals surface area contributed by atoms with E-state index in [1.54, 1.807) is 6.07 Å².